The maximum absolute atomic E-state index is 10.6. The van der Waals surface area contributed by atoms with Gasteiger partial charge in [-0.3, -0.25) is 10.1 Å². The van der Waals surface area contributed by atoms with Crippen LogP contribution in [-0.4, -0.2) is 21.5 Å². The summed E-state index contributed by atoms with van der Waals surface area (Å²) in [5.41, 5.74) is 4.99. The van der Waals surface area contributed by atoms with Gasteiger partial charge in [0.2, 0.25) is 5.82 Å². The summed E-state index contributed by atoms with van der Waals surface area (Å²) in [6.45, 7) is 2.37. The van der Waals surface area contributed by atoms with Crippen LogP contribution in [0.25, 0.3) is 0 Å². The zero-order chi connectivity index (χ0) is 11.3. The van der Waals surface area contributed by atoms with Crippen LogP contribution in [0.5, 0.6) is 5.88 Å². The van der Waals surface area contributed by atoms with Crippen molar-refractivity contribution in [3.8, 4) is 5.88 Å². The zero-order valence-corrected chi connectivity index (χ0v) is 8.34. The minimum absolute atomic E-state index is 0.0686. The van der Waals surface area contributed by atoms with Crippen LogP contribution in [-0.2, 0) is 0 Å². The van der Waals surface area contributed by atoms with E-state index in [4.69, 9.17) is 10.5 Å². The number of hydrogen-bond acceptors (Lipinski definition) is 6. The van der Waals surface area contributed by atoms with Crippen LogP contribution >= 0.6 is 0 Å². The Morgan fingerprint density at radius 3 is 2.93 bits per heavy atom. The third kappa shape index (κ3) is 2.76. The molecule has 7 heteroatoms. The first-order valence-corrected chi connectivity index (χ1v) is 4.54. The topological polar surface area (TPSA) is 104 Å². The van der Waals surface area contributed by atoms with Gasteiger partial charge in [0, 0.05) is 0 Å². The minimum atomic E-state index is -0.642. The first-order chi connectivity index (χ1) is 7.16. The molecule has 0 aliphatic heterocycles. The average molecular weight is 212 g/mol. The van der Waals surface area contributed by atoms with Gasteiger partial charge in [-0.1, -0.05) is 13.3 Å². The lowest BCUT2D eigenvalue weighted by Gasteiger charge is -2.04. The lowest BCUT2D eigenvalue weighted by molar-refractivity contribution is -0.385. The lowest BCUT2D eigenvalue weighted by Crippen LogP contribution is -2.06. The normalized spacial score (nSPS) is 9.93. The first kappa shape index (κ1) is 11.2. The SMILES string of the molecule is CCCCOc1ncnc(N)c1[N+](=O)[O-]. The van der Waals surface area contributed by atoms with Gasteiger partial charge in [-0.15, -0.1) is 0 Å². The Morgan fingerprint density at radius 2 is 2.33 bits per heavy atom. The Balaban J connectivity index is 2.86. The van der Waals surface area contributed by atoms with Gasteiger partial charge in [0.25, 0.3) is 5.88 Å². The number of hydrogen-bond donors (Lipinski definition) is 1. The second-order valence-electron chi connectivity index (χ2n) is 2.87. The van der Waals surface area contributed by atoms with E-state index in [2.05, 4.69) is 9.97 Å². The second kappa shape index (κ2) is 5.08. The van der Waals surface area contributed by atoms with Crippen molar-refractivity contribution in [2.75, 3.05) is 12.3 Å². The molecule has 0 bridgehead atoms. The summed E-state index contributed by atoms with van der Waals surface area (Å²) < 4.78 is 5.15. The van der Waals surface area contributed by atoms with Gasteiger partial charge in [0.15, 0.2) is 0 Å². The highest BCUT2D eigenvalue weighted by Crippen LogP contribution is 2.28. The fraction of sp³-hybridized carbons (Fsp3) is 0.500. The summed E-state index contributed by atoms with van der Waals surface area (Å²) in [4.78, 5) is 17.2. The molecule has 0 saturated carbocycles. The van der Waals surface area contributed by atoms with Crippen LogP contribution < -0.4 is 10.5 Å². The van der Waals surface area contributed by atoms with Crippen LogP contribution in [0.1, 0.15) is 19.8 Å². The maximum Gasteiger partial charge on any atom is 0.372 e. The third-order valence-corrected chi connectivity index (χ3v) is 1.74. The van der Waals surface area contributed by atoms with Gasteiger partial charge in [-0.2, -0.15) is 4.98 Å². The van der Waals surface area contributed by atoms with Crippen molar-refractivity contribution in [3.05, 3.63) is 16.4 Å². The van der Waals surface area contributed by atoms with Crippen molar-refractivity contribution >= 4 is 11.5 Å². The fourth-order valence-electron chi connectivity index (χ4n) is 0.966. The maximum atomic E-state index is 10.6. The monoisotopic (exact) mass is 212 g/mol. The van der Waals surface area contributed by atoms with E-state index in [1.807, 2.05) is 6.92 Å². The van der Waals surface area contributed by atoms with Gasteiger partial charge in [0.1, 0.15) is 6.33 Å². The smallest absolute Gasteiger partial charge is 0.372 e. The molecule has 1 rings (SSSR count). The molecule has 0 radical (unpaired) electrons. The van der Waals surface area contributed by atoms with Crippen LogP contribution in [0.2, 0.25) is 0 Å². The molecule has 82 valence electrons. The quantitative estimate of drug-likeness (QED) is 0.446. The van der Waals surface area contributed by atoms with Crippen molar-refractivity contribution in [1.29, 1.82) is 0 Å². The van der Waals surface area contributed by atoms with E-state index in [0.717, 1.165) is 19.2 Å². The van der Waals surface area contributed by atoms with Crippen LogP contribution in [0.15, 0.2) is 6.33 Å². The number of rotatable bonds is 5. The second-order valence-corrected chi connectivity index (χ2v) is 2.87. The predicted molar refractivity (Wildman–Crippen MR) is 53.5 cm³/mol. The molecule has 0 fully saturated rings. The van der Waals surface area contributed by atoms with Gasteiger partial charge in [-0.05, 0) is 6.42 Å². The molecule has 0 saturated heterocycles. The summed E-state index contributed by atoms with van der Waals surface area (Å²) >= 11 is 0. The molecule has 0 aliphatic rings. The van der Waals surface area contributed by atoms with Gasteiger partial charge >= 0.3 is 5.69 Å². The number of ether oxygens (including phenoxy) is 1. The Labute approximate surface area is 86.4 Å². The lowest BCUT2D eigenvalue weighted by atomic mass is 10.4. The molecule has 0 aliphatic carbocycles. The fourth-order valence-corrected chi connectivity index (χ4v) is 0.966. The van der Waals surface area contributed by atoms with Gasteiger partial charge in [-0.25, -0.2) is 4.98 Å². The van der Waals surface area contributed by atoms with E-state index in [9.17, 15) is 10.1 Å². The number of anilines is 1. The van der Waals surface area contributed by atoms with Crippen LogP contribution in [0.3, 0.4) is 0 Å². The predicted octanol–water partition coefficient (Wildman–Crippen LogP) is 1.15. The van der Waals surface area contributed by atoms with E-state index >= 15 is 0 Å². The standard InChI is InChI=1S/C8H12N4O3/c1-2-3-4-15-8-6(12(13)14)7(9)10-5-11-8/h5H,2-4H2,1H3,(H2,9,10,11). The van der Waals surface area contributed by atoms with E-state index in [1.165, 1.54) is 0 Å². The third-order valence-electron chi connectivity index (χ3n) is 1.74. The molecular formula is C8H12N4O3. The molecule has 1 aromatic heterocycles. The largest absolute Gasteiger partial charge is 0.473 e. The number of nitrogen functional groups attached to an aromatic ring is 1. The molecule has 1 heterocycles. The molecule has 15 heavy (non-hydrogen) atoms. The van der Waals surface area contributed by atoms with E-state index in [0.29, 0.717) is 6.61 Å². The molecule has 0 atom stereocenters. The molecule has 0 unspecified atom stereocenters. The Morgan fingerprint density at radius 1 is 1.60 bits per heavy atom. The Bertz CT molecular complexity index is 356. The van der Waals surface area contributed by atoms with Crippen LogP contribution in [0.4, 0.5) is 11.5 Å². The zero-order valence-electron chi connectivity index (χ0n) is 8.34. The number of nitrogens with zero attached hydrogens (tertiary/aromatic N) is 3. The summed E-state index contributed by atoms with van der Waals surface area (Å²) in [7, 11) is 0. The summed E-state index contributed by atoms with van der Waals surface area (Å²) in [5, 5.41) is 10.6. The van der Waals surface area contributed by atoms with Crippen LogP contribution in [0, 0.1) is 10.1 Å². The van der Waals surface area contributed by atoms with Crippen molar-refractivity contribution in [1.82, 2.24) is 9.97 Å². The van der Waals surface area contributed by atoms with Crippen molar-refractivity contribution < 1.29 is 9.66 Å². The average Bonchev–Trinajstić information content (AvgIpc) is 2.17. The Kier molecular flexibility index (Phi) is 3.78. The number of aromatic nitrogens is 2. The molecule has 1 aromatic rings. The minimum Gasteiger partial charge on any atom is -0.473 e. The van der Waals surface area contributed by atoms with E-state index < -0.39 is 4.92 Å². The summed E-state index contributed by atoms with van der Waals surface area (Å²) in [5.74, 6) is -0.248. The first-order valence-electron chi connectivity index (χ1n) is 4.54. The highest BCUT2D eigenvalue weighted by atomic mass is 16.6. The highest BCUT2D eigenvalue weighted by molar-refractivity contribution is 5.57. The molecule has 7 nitrogen and oxygen atoms in total. The Hall–Kier alpha value is -1.92. The van der Waals surface area contributed by atoms with Gasteiger partial charge in [0.05, 0.1) is 11.5 Å². The molecule has 0 aromatic carbocycles. The molecular weight excluding hydrogens is 200 g/mol. The highest BCUT2D eigenvalue weighted by Gasteiger charge is 2.21. The number of nitro groups is 1. The van der Waals surface area contributed by atoms with Crippen molar-refractivity contribution in [2.45, 2.75) is 19.8 Å². The van der Waals surface area contributed by atoms with Crippen molar-refractivity contribution in [3.63, 3.8) is 0 Å². The number of nitrogens with two attached hydrogens (primary N) is 1. The summed E-state index contributed by atoms with van der Waals surface area (Å²) in [6, 6.07) is 0. The van der Waals surface area contributed by atoms with E-state index in [1.54, 1.807) is 0 Å². The van der Waals surface area contributed by atoms with Crippen molar-refractivity contribution in [2.24, 2.45) is 0 Å². The van der Waals surface area contributed by atoms with E-state index in [-0.39, 0.29) is 17.4 Å². The molecule has 0 spiro atoms. The number of unbranched alkanes of at least 4 members (excludes halogenated alkanes) is 1. The molecule has 0 amide bonds. The molecule has 2 N–H and O–H groups in total. The van der Waals surface area contributed by atoms with Gasteiger partial charge < -0.3 is 10.5 Å². The summed E-state index contributed by atoms with van der Waals surface area (Å²) in [6.07, 6.45) is 2.89.